The van der Waals surface area contributed by atoms with Crippen LogP contribution in [0, 0.1) is 12.7 Å². The molecule has 1 atom stereocenters. The van der Waals surface area contributed by atoms with Crippen LogP contribution >= 0.6 is 11.3 Å². The summed E-state index contributed by atoms with van der Waals surface area (Å²) >= 11 is 1.39. The number of halogens is 1. The third-order valence-electron chi connectivity index (χ3n) is 4.48. The number of aromatic nitrogens is 2. The summed E-state index contributed by atoms with van der Waals surface area (Å²) in [7, 11) is 0. The Morgan fingerprint density at radius 2 is 2.15 bits per heavy atom. The minimum Gasteiger partial charge on any atom is -0.337 e. The molecular weight excluding hydrogens is 371 g/mol. The third-order valence-corrected chi connectivity index (χ3v) is 5.57. The van der Waals surface area contributed by atoms with Crippen molar-refractivity contribution in [2.24, 2.45) is 0 Å². The maximum absolute atomic E-state index is 13.7. The molecule has 0 aliphatic carbocycles. The molecule has 1 aliphatic rings. The van der Waals surface area contributed by atoms with Gasteiger partial charge in [0.2, 0.25) is 11.7 Å². The molecule has 1 aromatic carbocycles. The quantitative estimate of drug-likeness (QED) is 0.696. The molecule has 27 heavy (non-hydrogen) atoms. The first-order valence-corrected chi connectivity index (χ1v) is 9.03. The second-order valence-electron chi connectivity index (χ2n) is 6.40. The van der Waals surface area contributed by atoms with Crippen LogP contribution in [0.3, 0.4) is 0 Å². The number of urea groups is 1. The predicted octanol–water partition coefficient (Wildman–Crippen LogP) is 3.21. The molecule has 138 valence electrons. The molecular formula is C18H15FN4O3S. The van der Waals surface area contributed by atoms with Gasteiger partial charge in [-0.3, -0.25) is 9.69 Å². The number of nitrogens with zero attached hydrogens (tertiary/aromatic N) is 3. The molecule has 2 aromatic heterocycles. The van der Waals surface area contributed by atoms with Crippen molar-refractivity contribution in [3.63, 3.8) is 0 Å². The molecule has 3 aromatic rings. The molecule has 7 nitrogen and oxygen atoms in total. The zero-order valence-corrected chi connectivity index (χ0v) is 15.3. The van der Waals surface area contributed by atoms with Crippen molar-refractivity contribution < 1.29 is 18.5 Å². The van der Waals surface area contributed by atoms with Gasteiger partial charge in [-0.15, -0.1) is 11.3 Å². The molecule has 1 saturated heterocycles. The van der Waals surface area contributed by atoms with Crippen LogP contribution in [-0.4, -0.2) is 27.0 Å². The monoisotopic (exact) mass is 386 g/mol. The minimum absolute atomic E-state index is 0.0879. The first-order valence-electron chi connectivity index (χ1n) is 8.15. The van der Waals surface area contributed by atoms with E-state index >= 15 is 0 Å². The van der Waals surface area contributed by atoms with Crippen molar-refractivity contribution in [3.05, 3.63) is 57.9 Å². The molecule has 0 spiro atoms. The molecule has 4 rings (SSSR count). The highest BCUT2D eigenvalue weighted by atomic mass is 32.1. The molecule has 0 radical (unpaired) electrons. The summed E-state index contributed by atoms with van der Waals surface area (Å²) in [5, 5.41) is 8.37. The van der Waals surface area contributed by atoms with E-state index in [0.717, 1.165) is 9.78 Å². The smallest absolute Gasteiger partial charge is 0.325 e. The number of hydrogen-bond acceptors (Lipinski definition) is 6. The van der Waals surface area contributed by atoms with E-state index < -0.39 is 17.5 Å². The topological polar surface area (TPSA) is 88.3 Å². The van der Waals surface area contributed by atoms with E-state index in [2.05, 4.69) is 15.5 Å². The van der Waals surface area contributed by atoms with Gasteiger partial charge in [-0.1, -0.05) is 23.4 Å². The highest BCUT2D eigenvalue weighted by Crippen LogP contribution is 2.32. The molecule has 0 saturated carbocycles. The average Bonchev–Trinajstić information content (AvgIpc) is 3.36. The van der Waals surface area contributed by atoms with Gasteiger partial charge < -0.3 is 9.84 Å². The van der Waals surface area contributed by atoms with Crippen LogP contribution in [0.2, 0.25) is 0 Å². The van der Waals surface area contributed by atoms with Crippen LogP contribution in [0.25, 0.3) is 11.4 Å². The fourth-order valence-corrected chi connectivity index (χ4v) is 3.71. The van der Waals surface area contributed by atoms with Crippen molar-refractivity contribution in [2.75, 3.05) is 0 Å². The van der Waals surface area contributed by atoms with Gasteiger partial charge in [-0.2, -0.15) is 4.98 Å². The van der Waals surface area contributed by atoms with Crippen LogP contribution in [0.5, 0.6) is 0 Å². The van der Waals surface area contributed by atoms with E-state index in [1.807, 2.05) is 11.4 Å². The lowest BCUT2D eigenvalue weighted by molar-refractivity contribution is -0.131. The van der Waals surface area contributed by atoms with Crippen molar-refractivity contribution in [1.82, 2.24) is 20.4 Å². The van der Waals surface area contributed by atoms with Crippen LogP contribution in [-0.2, 0) is 16.9 Å². The summed E-state index contributed by atoms with van der Waals surface area (Å²) in [6.45, 7) is 3.16. The Morgan fingerprint density at radius 3 is 2.85 bits per heavy atom. The van der Waals surface area contributed by atoms with Crippen molar-refractivity contribution in [1.29, 1.82) is 0 Å². The Kier molecular flexibility index (Phi) is 4.03. The standard InChI is InChI=1S/C18H15FN4O3S/c1-10-5-6-11(8-12(10)19)15-20-14(26-22-15)9-23-16(24)18(2,21-17(23)25)13-4-3-7-27-13/h3-8H,9H2,1-2H3,(H,21,25). The SMILES string of the molecule is Cc1ccc(-c2noc(CN3C(=O)NC(C)(c4cccs4)C3=O)n2)cc1F. The van der Waals surface area contributed by atoms with Gasteiger partial charge in [-0.25, -0.2) is 9.18 Å². The van der Waals surface area contributed by atoms with E-state index in [4.69, 9.17) is 4.52 Å². The molecule has 1 aliphatic heterocycles. The van der Waals surface area contributed by atoms with Crippen molar-refractivity contribution >= 4 is 23.3 Å². The Hall–Kier alpha value is -3.07. The molecule has 1 unspecified atom stereocenters. The molecule has 9 heteroatoms. The maximum atomic E-state index is 13.7. The summed E-state index contributed by atoms with van der Waals surface area (Å²) in [6.07, 6.45) is 0. The van der Waals surface area contributed by atoms with Gasteiger partial charge in [-0.05, 0) is 36.9 Å². The second-order valence-corrected chi connectivity index (χ2v) is 7.35. The van der Waals surface area contributed by atoms with Crippen LogP contribution < -0.4 is 5.32 Å². The normalized spacial score (nSPS) is 19.6. The fourth-order valence-electron chi connectivity index (χ4n) is 2.87. The van der Waals surface area contributed by atoms with Gasteiger partial charge in [0.1, 0.15) is 12.4 Å². The number of nitrogens with one attached hydrogen (secondary N) is 1. The number of thiophene rings is 1. The number of imide groups is 1. The van der Waals surface area contributed by atoms with Crippen LogP contribution in [0.15, 0.2) is 40.2 Å². The summed E-state index contributed by atoms with van der Waals surface area (Å²) < 4.78 is 18.9. The number of benzene rings is 1. The number of amides is 3. The third kappa shape index (κ3) is 2.89. The maximum Gasteiger partial charge on any atom is 0.325 e. The van der Waals surface area contributed by atoms with Crippen molar-refractivity contribution in [3.8, 4) is 11.4 Å². The zero-order valence-electron chi connectivity index (χ0n) is 14.5. The Morgan fingerprint density at radius 1 is 1.33 bits per heavy atom. The zero-order chi connectivity index (χ0) is 19.2. The van der Waals surface area contributed by atoms with Crippen LogP contribution in [0.4, 0.5) is 9.18 Å². The van der Waals surface area contributed by atoms with Gasteiger partial charge in [0.15, 0.2) is 5.54 Å². The summed E-state index contributed by atoms with van der Waals surface area (Å²) in [4.78, 5) is 31.1. The van der Waals surface area contributed by atoms with E-state index in [0.29, 0.717) is 11.1 Å². The van der Waals surface area contributed by atoms with Gasteiger partial charge in [0, 0.05) is 10.4 Å². The molecule has 1 N–H and O–H groups in total. The summed E-state index contributed by atoms with van der Waals surface area (Å²) in [5.41, 5.74) is -0.155. The number of rotatable bonds is 4. The number of aryl methyl sites for hydroxylation is 1. The Bertz CT molecular complexity index is 1030. The first kappa shape index (κ1) is 17.3. The largest absolute Gasteiger partial charge is 0.337 e. The van der Waals surface area contributed by atoms with Gasteiger partial charge >= 0.3 is 6.03 Å². The fraction of sp³-hybridized carbons (Fsp3) is 0.222. The first-order chi connectivity index (χ1) is 12.9. The summed E-state index contributed by atoms with van der Waals surface area (Å²) in [6, 6.07) is 7.68. The predicted molar refractivity (Wildman–Crippen MR) is 95.2 cm³/mol. The molecule has 1 fully saturated rings. The van der Waals surface area contributed by atoms with E-state index in [1.165, 1.54) is 17.4 Å². The lowest BCUT2D eigenvalue weighted by Crippen LogP contribution is -2.40. The van der Waals surface area contributed by atoms with E-state index in [9.17, 15) is 14.0 Å². The Balaban J connectivity index is 1.56. The number of hydrogen-bond donors (Lipinski definition) is 1. The highest BCUT2D eigenvalue weighted by molar-refractivity contribution is 7.10. The minimum atomic E-state index is -1.12. The number of carbonyl (C=O) groups is 2. The second kappa shape index (κ2) is 6.27. The van der Waals surface area contributed by atoms with Gasteiger partial charge in [0.05, 0.1) is 0 Å². The lowest BCUT2D eigenvalue weighted by atomic mass is 10.0. The van der Waals surface area contributed by atoms with E-state index in [1.54, 1.807) is 32.0 Å². The summed E-state index contributed by atoms with van der Waals surface area (Å²) in [5.74, 6) is -0.488. The Labute approximate surface area is 157 Å². The molecule has 3 amide bonds. The molecule has 0 bridgehead atoms. The number of carbonyl (C=O) groups excluding carboxylic acids is 2. The van der Waals surface area contributed by atoms with Crippen LogP contribution in [0.1, 0.15) is 23.3 Å². The average molecular weight is 386 g/mol. The lowest BCUT2D eigenvalue weighted by Gasteiger charge is -2.19. The van der Waals surface area contributed by atoms with Gasteiger partial charge in [0.25, 0.3) is 5.91 Å². The van der Waals surface area contributed by atoms with Crippen molar-refractivity contribution in [2.45, 2.75) is 25.9 Å². The highest BCUT2D eigenvalue weighted by Gasteiger charge is 2.50. The van der Waals surface area contributed by atoms with E-state index in [-0.39, 0.29) is 24.1 Å². The molecule has 3 heterocycles.